The minimum atomic E-state index is -0.230. The molecule has 2 saturated carbocycles. The number of hydrogen-bond donors (Lipinski definition) is 0. The molecule has 3 heteroatoms. The third-order valence-corrected chi connectivity index (χ3v) is 5.54. The Kier molecular flexibility index (Phi) is 2.45. The summed E-state index contributed by atoms with van der Waals surface area (Å²) in [6.07, 6.45) is 3.41. The van der Waals surface area contributed by atoms with Crippen LogP contribution in [0.15, 0.2) is 12.2 Å². The molecular weight excluding hydrogens is 228 g/mol. The molecule has 0 amide bonds. The first-order valence-corrected chi connectivity index (χ1v) is 6.85. The molecule has 18 heavy (non-hydrogen) atoms. The van der Waals surface area contributed by atoms with E-state index in [1.807, 2.05) is 6.92 Å². The summed E-state index contributed by atoms with van der Waals surface area (Å²) in [6, 6.07) is 0. The fourth-order valence-electron chi connectivity index (χ4n) is 4.27. The molecule has 0 spiro atoms. The van der Waals surface area contributed by atoms with E-state index in [1.165, 1.54) is 0 Å². The molecule has 5 unspecified atom stereocenters. The van der Waals surface area contributed by atoms with Gasteiger partial charge in [0.1, 0.15) is 11.9 Å². The summed E-state index contributed by atoms with van der Waals surface area (Å²) < 4.78 is 5.43. The molecule has 0 radical (unpaired) electrons. The van der Waals surface area contributed by atoms with Crippen molar-refractivity contribution < 1.29 is 14.3 Å². The number of hydrogen-bond acceptors (Lipinski definition) is 3. The number of carbonyl (C=O) groups is 2. The fourth-order valence-corrected chi connectivity index (χ4v) is 4.27. The average Bonchev–Trinajstić information content (AvgIpc) is 2.58. The van der Waals surface area contributed by atoms with Gasteiger partial charge >= 0.3 is 5.97 Å². The lowest BCUT2D eigenvalue weighted by Crippen LogP contribution is -2.48. The lowest BCUT2D eigenvalue weighted by Gasteiger charge is -2.50. The number of Topliss-reactive ketones (excluding diaryl/α,β-unsaturated/α-hetero) is 1. The van der Waals surface area contributed by atoms with E-state index in [1.54, 1.807) is 0 Å². The van der Waals surface area contributed by atoms with Crippen LogP contribution in [0.1, 0.15) is 39.5 Å². The lowest BCUT2D eigenvalue weighted by molar-refractivity contribution is -0.147. The molecule has 3 aliphatic rings. The number of esters is 1. The van der Waals surface area contributed by atoms with Crippen molar-refractivity contribution in [2.75, 3.05) is 0 Å². The number of ketones is 1. The standard InChI is InChI=1S/C15H20O3/c1-8-10-6-11-9(2)12(16)4-5-15(11,3)7-13(10)18-14(8)17/h9-11,13H,1,4-7H2,2-3H3. The van der Waals surface area contributed by atoms with Crippen LogP contribution in [-0.2, 0) is 14.3 Å². The van der Waals surface area contributed by atoms with Gasteiger partial charge in [0.2, 0.25) is 0 Å². The van der Waals surface area contributed by atoms with Crippen LogP contribution >= 0.6 is 0 Å². The van der Waals surface area contributed by atoms with Gasteiger partial charge in [0, 0.05) is 23.8 Å². The Morgan fingerprint density at radius 2 is 2.11 bits per heavy atom. The highest BCUT2D eigenvalue weighted by molar-refractivity contribution is 5.91. The topological polar surface area (TPSA) is 43.4 Å². The molecule has 5 atom stereocenters. The number of carbonyl (C=O) groups excluding carboxylic acids is 2. The number of ether oxygens (including phenoxy) is 1. The van der Waals surface area contributed by atoms with Gasteiger partial charge in [0.05, 0.1) is 0 Å². The van der Waals surface area contributed by atoms with Crippen molar-refractivity contribution in [1.29, 1.82) is 0 Å². The average molecular weight is 248 g/mol. The molecule has 0 bridgehead atoms. The van der Waals surface area contributed by atoms with E-state index < -0.39 is 0 Å². The first-order valence-electron chi connectivity index (χ1n) is 6.85. The molecule has 0 aromatic heterocycles. The second-order valence-corrected chi connectivity index (χ2v) is 6.53. The Hall–Kier alpha value is -1.12. The first-order chi connectivity index (χ1) is 8.42. The molecule has 0 aromatic rings. The van der Waals surface area contributed by atoms with Gasteiger partial charge in [-0.05, 0) is 30.6 Å². The number of rotatable bonds is 0. The maximum absolute atomic E-state index is 11.9. The first kappa shape index (κ1) is 11.9. The van der Waals surface area contributed by atoms with Crippen LogP contribution in [-0.4, -0.2) is 17.9 Å². The molecule has 98 valence electrons. The zero-order chi connectivity index (χ0) is 13.1. The lowest BCUT2D eigenvalue weighted by atomic mass is 9.54. The van der Waals surface area contributed by atoms with Crippen molar-refractivity contribution in [2.45, 2.75) is 45.6 Å². The Bertz CT molecular complexity index is 439. The van der Waals surface area contributed by atoms with Crippen molar-refractivity contribution in [3.05, 3.63) is 12.2 Å². The van der Waals surface area contributed by atoms with E-state index in [-0.39, 0.29) is 29.3 Å². The van der Waals surface area contributed by atoms with Crippen LogP contribution in [0.5, 0.6) is 0 Å². The highest BCUT2D eigenvalue weighted by atomic mass is 16.6. The van der Waals surface area contributed by atoms with Gasteiger partial charge in [0.15, 0.2) is 0 Å². The summed E-state index contributed by atoms with van der Waals surface area (Å²) in [5.41, 5.74) is 0.770. The summed E-state index contributed by atoms with van der Waals surface area (Å²) in [6.45, 7) is 8.17. The summed E-state index contributed by atoms with van der Waals surface area (Å²) in [5.74, 6) is 0.793. The van der Waals surface area contributed by atoms with Crippen LogP contribution in [0, 0.1) is 23.2 Å². The predicted molar refractivity (Wildman–Crippen MR) is 66.7 cm³/mol. The second kappa shape index (κ2) is 3.69. The van der Waals surface area contributed by atoms with Gasteiger partial charge < -0.3 is 4.74 Å². The molecular formula is C15H20O3. The van der Waals surface area contributed by atoms with Crippen LogP contribution in [0.3, 0.4) is 0 Å². The summed E-state index contributed by atoms with van der Waals surface area (Å²) in [4.78, 5) is 23.5. The third-order valence-electron chi connectivity index (χ3n) is 5.54. The van der Waals surface area contributed by atoms with E-state index in [0.717, 1.165) is 19.3 Å². The SMILES string of the molecule is C=C1C(=O)OC2CC3(C)CCC(=O)C(C)C3CC12. The zero-order valence-electron chi connectivity index (χ0n) is 11.1. The van der Waals surface area contributed by atoms with Crippen molar-refractivity contribution in [2.24, 2.45) is 23.2 Å². The van der Waals surface area contributed by atoms with Gasteiger partial charge in [-0.15, -0.1) is 0 Å². The maximum atomic E-state index is 11.9. The van der Waals surface area contributed by atoms with Crippen molar-refractivity contribution in [3.8, 4) is 0 Å². The Morgan fingerprint density at radius 3 is 2.83 bits per heavy atom. The highest BCUT2D eigenvalue weighted by Crippen LogP contribution is 2.56. The van der Waals surface area contributed by atoms with Crippen LogP contribution in [0.4, 0.5) is 0 Å². The monoisotopic (exact) mass is 248 g/mol. The Morgan fingerprint density at radius 1 is 1.39 bits per heavy atom. The number of fused-ring (bicyclic) bond motifs is 2. The quantitative estimate of drug-likeness (QED) is 0.488. The van der Waals surface area contributed by atoms with Crippen LogP contribution in [0.25, 0.3) is 0 Å². The van der Waals surface area contributed by atoms with Gasteiger partial charge in [-0.1, -0.05) is 20.4 Å². The van der Waals surface area contributed by atoms with Crippen molar-refractivity contribution in [1.82, 2.24) is 0 Å². The minimum Gasteiger partial charge on any atom is -0.458 e. The Labute approximate surface area is 108 Å². The molecule has 3 rings (SSSR count). The molecule has 0 N–H and O–H groups in total. The van der Waals surface area contributed by atoms with E-state index in [2.05, 4.69) is 13.5 Å². The molecule has 1 heterocycles. The molecule has 0 aromatic carbocycles. The molecule has 3 fully saturated rings. The fraction of sp³-hybridized carbons (Fsp3) is 0.733. The Balaban J connectivity index is 1.91. The summed E-state index contributed by atoms with van der Waals surface area (Å²) in [5, 5.41) is 0. The van der Waals surface area contributed by atoms with Gasteiger partial charge in [-0.25, -0.2) is 4.79 Å². The highest BCUT2D eigenvalue weighted by Gasteiger charge is 2.54. The maximum Gasteiger partial charge on any atom is 0.334 e. The van der Waals surface area contributed by atoms with E-state index in [4.69, 9.17) is 4.74 Å². The van der Waals surface area contributed by atoms with E-state index in [0.29, 0.717) is 23.7 Å². The smallest absolute Gasteiger partial charge is 0.334 e. The minimum absolute atomic E-state index is 0.00616. The third kappa shape index (κ3) is 1.49. The van der Waals surface area contributed by atoms with E-state index >= 15 is 0 Å². The van der Waals surface area contributed by atoms with Gasteiger partial charge in [0.25, 0.3) is 0 Å². The molecule has 1 saturated heterocycles. The predicted octanol–water partition coefficient (Wildman–Crippen LogP) is 2.50. The van der Waals surface area contributed by atoms with Crippen LogP contribution in [0.2, 0.25) is 0 Å². The van der Waals surface area contributed by atoms with Crippen LogP contribution < -0.4 is 0 Å². The second-order valence-electron chi connectivity index (χ2n) is 6.53. The summed E-state index contributed by atoms with van der Waals surface area (Å²) in [7, 11) is 0. The van der Waals surface area contributed by atoms with Gasteiger partial charge in [-0.2, -0.15) is 0 Å². The van der Waals surface area contributed by atoms with Crippen molar-refractivity contribution in [3.63, 3.8) is 0 Å². The van der Waals surface area contributed by atoms with Gasteiger partial charge in [-0.3, -0.25) is 4.79 Å². The molecule has 1 aliphatic heterocycles. The van der Waals surface area contributed by atoms with E-state index in [9.17, 15) is 9.59 Å². The molecule has 2 aliphatic carbocycles. The summed E-state index contributed by atoms with van der Waals surface area (Å²) >= 11 is 0. The molecule has 3 nitrogen and oxygen atoms in total. The largest absolute Gasteiger partial charge is 0.458 e. The zero-order valence-corrected chi connectivity index (χ0v) is 11.1. The normalized spacial score (nSPS) is 47.6. The van der Waals surface area contributed by atoms with Crippen molar-refractivity contribution >= 4 is 11.8 Å².